The van der Waals surface area contributed by atoms with Crippen molar-refractivity contribution in [2.24, 2.45) is 0 Å². The second kappa shape index (κ2) is 5.88. The molecule has 2 nitrogen and oxygen atoms in total. The van der Waals surface area contributed by atoms with Crippen molar-refractivity contribution in [2.75, 3.05) is 0 Å². The number of hydrogen-bond acceptors (Lipinski definition) is 2. The van der Waals surface area contributed by atoms with E-state index in [1.807, 2.05) is 36.4 Å². The molecule has 0 spiro atoms. The molecule has 0 bridgehead atoms. The van der Waals surface area contributed by atoms with Crippen LogP contribution in [0.2, 0.25) is 5.02 Å². The van der Waals surface area contributed by atoms with Gasteiger partial charge in [-0.05, 0) is 53.2 Å². The number of ether oxygens (including phenoxy) is 1. The molecule has 0 N–H and O–H groups in total. The molecule has 0 unspecified atom stereocenters. The lowest BCUT2D eigenvalue weighted by molar-refractivity contribution is 0.112. The number of aldehydes is 1. The SMILES string of the molecule is O=Cc1cc(Cl)ccc1Oc1ccc2cc(Br)ccc2c1. The van der Waals surface area contributed by atoms with Crippen LogP contribution in [0.3, 0.4) is 0 Å². The Labute approximate surface area is 135 Å². The van der Waals surface area contributed by atoms with Gasteiger partial charge in [-0.15, -0.1) is 0 Å². The molecule has 0 aliphatic rings. The van der Waals surface area contributed by atoms with Gasteiger partial charge in [-0.3, -0.25) is 4.79 Å². The highest BCUT2D eigenvalue weighted by atomic mass is 79.9. The van der Waals surface area contributed by atoms with Crippen LogP contribution in [-0.2, 0) is 0 Å². The third kappa shape index (κ3) is 3.09. The van der Waals surface area contributed by atoms with Gasteiger partial charge in [0.15, 0.2) is 6.29 Å². The molecular weight excluding hydrogens is 352 g/mol. The van der Waals surface area contributed by atoms with Crippen molar-refractivity contribution in [1.29, 1.82) is 0 Å². The van der Waals surface area contributed by atoms with Crippen molar-refractivity contribution in [1.82, 2.24) is 0 Å². The first kappa shape index (κ1) is 14.1. The Morgan fingerprint density at radius 1 is 0.952 bits per heavy atom. The molecule has 21 heavy (non-hydrogen) atoms. The number of benzene rings is 3. The predicted octanol–water partition coefficient (Wildman–Crippen LogP) is 5.86. The number of rotatable bonds is 3. The summed E-state index contributed by atoms with van der Waals surface area (Å²) in [4.78, 5) is 11.1. The van der Waals surface area contributed by atoms with Gasteiger partial charge in [-0.25, -0.2) is 0 Å². The van der Waals surface area contributed by atoms with E-state index in [1.165, 1.54) is 0 Å². The molecule has 3 aromatic rings. The monoisotopic (exact) mass is 360 g/mol. The van der Waals surface area contributed by atoms with Gasteiger partial charge in [-0.2, -0.15) is 0 Å². The topological polar surface area (TPSA) is 26.3 Å². The Kier molecular flexibility index (Phi) is 3.95. The maximum absolute atomic E-state index is 11.1. The fourth-order valence-electron chi connectivity index (χ4n) is 2.09. The summed E-state index contributed by atoms with van der Waals surface area (Å²) in [5, 5.41) is 2.69. The molecule has 0 aromatic heterocycles. The lowest BCUT2D eigenvalue weighted by Gasteiger charge is -2.09. The molecule has 0 aliphatic carbocycles. The minimum absolute atomic E-state index is 0.429. The van der Waals surface area contributed by atoms with Gasteiger partial charge in [0.1, 0.15) is 11.5 Å². The van der Waals surface area contributed by atoms with Crippen LogP contribution in [-0.4, -0.2) is 6.29 Å². The molecule has 0 saturated heterocycles. The Morgan fingerprint density at radius 2 is 1.71 bits per heavy atom. The first-order chi connectivity index (χ1) is 10.2. The highest BCUT2D eigenvalue weighted by Crippen LogP contribution is 2.30. The lowest BCUT2D eigenvalue weighted by atomic mass is 10.1. The quantitative estimate of drug-likeness (QED) is 0.546. The first-order valence-electron chi connectivity index (χ1n) is 6.27. The zero-order valence-electron chi connectivity index (χ0n) is 10.8. The van der Waals surface area contributed by atoms with Gasteiger partial charge in [0.2, 0.25) is 0 Å². The molecule has 0 radical (unpaired) electrons. The molecule has 0 heterocycles. The van der Waals surface area contributed by atoms with E-state index in [2.05, 4.69) is 15.9 Å². The molecule has 0 fully saturated rings. The van der Waals surface area contributed by atoms with E-state index in [4.69, 9.17) is 16.3 Å². The molecule has 3 aromatic carbocycles. The first-order valence-corrected chi connectivity index (χ1v) is 7.45. The van der Waals surface area contributed by atoms with Crippen molar-refractivity contribution < 1.29 is 9.53 Å². The third-order valence-corrected chi connectivity index (χ3v) is 3.83. The van der Waals surface area contributed by atoms with Crippen LogP contribution in [0.5, 0.6) is 11.5 Å². The number of carbonyl (C=O) groups is 1. The molecule has 0 amide bonds. The van der Waals surface area contributed by atoms with E-state index in [1.54, 1.807) is 18.2 Å². The fraction of sp³-hybridized carbons (Fsp3) is 0. The van der Waals surface area contributed by atoms with E-state index >= 15 is 0 Å². The highest BCUT2D eigenvalue weighted by Gasteiger charge is 2.06. The molecule has 0 aliphatic heterocycles. The Balaban J connectivity index is 1.98. The van der Waals surface area contributed by atoms with Crippen LogP contribution in [0.1, 0.15) is 10.4 Å². The average molecular weight is 362 g/mol. The summed E-state index contributed by atoms with van der Waals surface area (Å²) >= 11 is 9.32. The number of hydrogen-bond donors (Lipinski definition) is 0. The lowest BCUT2D eigenvalue weighted by Crippen LogP contribution is -1.90. The van der Waals surface area contributed by atoms with Crippen LogP contribution in [0.4, 0.5) is 0 Å². The molecule has 3 rings (SSSR count). The fourth-order valence-corrected chi connectivity index (χ4v) is 2.65. The maximum Gasteiger partial charge on any atom is 0.153 e. The summed E-state index contributed by atoms with van der Waals surface area (Å²) < 4.78 is 6.82. The highest BCUT2D eigenvalue weighted by molar-refractivity contribution is 9.10. The summed E-state index contributed by atoms with van der Waals surface area (Å²) in [6, 6.07) is 16.8. The average Bonchev–Trinajstić information content (AvgIpc) is 2.49. The standard InChI is InChI=1S/C17H10BrClO2/c18-14-3-1-12-9-16(5-2-11(12)7-14)21-17-6-4-15(19)8-13(17)10-20/h1-10H. The Hall–Kier alpha value is -1.84. The van der Waals surface area contributed by atoms with Crippen molar-refractivity contribution >= 4 is 44.6 Å². The maximum atomic E-state index is 11.1. The van der Waals surface area contributed by atoms with E-state index in [0.29, 0.717) is 22.1 Å². The summed E-state index contributed by atoms with van der Waals surface area (Å²) in [6.45, 7) is 0. The van der Waals surface area contributed by atoms with E-state index in [-0.39, 0.29) is 0 Å². The number of fused-ring (bicyclic) bond motifs is 1. The van der Waals surface area contributed by atoms with Crippen LogP contribution >= 0.6 is 27.5 Å². The van der Waals surface area contributed by atoms with Gasteiger partial charge in [0.25, 0.3) is 0 Å². The van der Waals surface area contributed by atoms with Gasteiger partial charge < -0.3 is 4.74 Å². The van der Waals surface area contributed by atoms with Crippen molar-refractivity contribution in [3.63, 3.8) is 0 Å². The largest absolute Gasteiger partial charge is 0.457 e. The third-order valence-electron chi connectivity index (χ3n) is 3.10. The summed E-state index contributed by atoms with van der Waals surface area (Å²) in [6.07, 6.45) is 0.735. The van der Waals surface area contributed by atoms with Crippen molar-refractivity contribution in [3.05, 3.63) is 69.7 Å². The van der Waals surface area contributed by atoms with Crippen LogP contribution in [0.25, 0.3) is 10.8 Å². The van der Waals surface area contributed by atoms with Gasteiger partial charge >= 0.3 is 0 Å². The van der Waals surface area contributed by atoms with Crippen molar-refractivity contribution in [3.8, 4) is 11.5 Å². The smallest absolute Gasteiger partial charge is 0.153 e. The molecule has 4 heteroatoms. The normalized spacial score (nSPS) is 10.6. The number of halogens is 2. The van der Waals surface area contributed by atoms with Crippen LogP contribution in [0.15, 0.2) is 59.1 Å². The Bertz CT molecular complexity index is 830. The molecule has 0 atom stereocenters. The predicted molar refractivity (Wildman–Crippen MR) is 88.6 cm³/mol. The second-order valence-corrected chi connectivity index (χ2v) is 5.91. The number of carbonyl (C=O) groups excluding carboxylic acids is 1. The second-order valence-electron chi connectivity index (χ2n) is 4.56. The van der Waals surface area contributed by atoms with E-state index < -0.39 is 0 Å². The van der Waals surface area contributed by atoms with Crippen LogP contribution < -0.4 is 4.74 Å². The Morgan fingerprint density at radius 3 is 2.52 bits per heavy atom. The zero-order valence-corrected chi connectivity index (χ0v) is 13.2. The summed E-state index contributed by atoms with van der Waals surface area (Å²) in [5.41, 5.74) is 0.429. The molecular formula is C17H10BrClO2. The van der Waals surface area contributed by atoms with Gasteiger partial charge in [0, 0.05) is 9.50 Å². The minimum Gasteiger partial charge on any atom is -0.457 e. The summed E-state index contributed by atoms with van der Waals surface area (Å²) in [7, 11) is 0. The minimum atomic E-state index is 0.429. The van der Waals surface area contributed by atoms with E-state index in [9.17, 15) is 4.79 Å². The zero-order chi connectivity index (χ0) is 14.8. The van der Waals surface area contributed by atoms with Gasteiger partial charge in [-0.1, -0.05) is 39.7 Å². The van der Waals surface area contributed by atoms with Crippen molar-refractivity contribution in [2.45, 2.75) is 0 Å². The van der Waals surface area contributed by atoms with Crippen LogP contribution in [0, 0.1) is 0 Å². The molecule has 0 saturated carbocycles. The molecule has 104 valence electrons. The summed E-state index contributed by atoms with van der Waals surface area (Å²) in [5.74, 6) is 1.17. The van der Waals surface area contributed by atoms with Gasteiger partial charge in [0.05, 0.1) is 5.56 Å². The van der Waals surface area contributed by atoms with E-state index in [0.717, 1.165) is 21.5 Å².